The number of amides is 1. The van der Waals surface area contributed by atoms with Crippen molar-refractivity contribution < 1.29 is 19.1 Å². The zero-order valence-electron chi connectivity index (χ0n) is 26.5. The van der Waals surface area contributed by atoms with Crippen LogP contribution in [-0.2, 0) is 15.0 Å². The maximum Gasteiger partial charge on any atom is 0.435 e. The molecule has 1 amide bonds. The summed E-state index contributed by atoms with van der Waals surface area (Å²) in [6.07, 6.45) is 4.95. The van der Waals surface area contributed by atoms with Crippen LogP contribution in [0.15, 0.2) is 79.1 Å². The SMILES string of the molecule is CC(C)(C)OC(=O)NC1(c2ccc(-c3nn4c(-c5ccnn5C(=O)OC(C)(C)C)cnc4cc3-c3ccccc3)cc2)CCC1. The number of hydrogen-bond donors (Lipinski definition) is 1. The van der Waals surface area contributed by atoms with Crippen LogP contribution in [0.4, 0.5) is 9.59 Å². The fourth-order valence-corrected chi connectivity index (χ4v) is 5.55. The first-order chi connectivity index (χ1) is 21.3. The lowest BCUT2D eigenvalue weighted by Gasteiger charge is -2.43. The molecular formula is C35H38N6O4. The van der Waals surface area contributed by atoms with Crippen molar-refractivity contribution in [2.75, 3.05) is 0 Å². The van der Waals surface area contributed by atoms with Crippen molar-refractivity contribution in [3.05, 3.63) is 84.7 Å². The van der Waals surface area contributed by atoms with E-state index in [2.05, 4.69) is 27.5 Å². The highest BCUT2D eigenvalue weighted by atomic mass is 16.6. The molecule has 0 spiro atoms. The molecule has 232 valence electrons. The quantitative estimate of drug-likeness (QED) is 0.219. The highest BCUT2D eigenvalue weighted by Crippen LogP contribution is 2.42. The van der Waals surface area contributed by atoms with E-state index in [0.29, 0.717) is 17.0 Å². The zero-order valence-corrected chi connectivity index (χ0v) is 26.5. The van der Waals surface area contributed by atoms with Gasteiger partial charge in [0.15, 0.2) is 5.65 Å². The molecule has 10 nitrogen and oxygen atoms in total. The molecule has 1 aliphatic rings. The Morgan fingerprint density at radius 1 is 0.844 bits per heavy atom. The van der Waals surface area contributed by atoms with Gasteiger partial charge < -0.3 is 14.8 Å². The van der Waals surface area contributed by atoms with Gasteiger partial charge in [0, 0.05) is 11.1 Å². The Hall–Kier alpha value is -4.99. The summed E-state index contributed by atoms with van der Waals surface area (Å²) >= 11 is 0. The maximum absolute atomic E-state index is 13.0. The minimum atomic E-state index is -0.678. The van der Waals surface area contributed by atoms with Gasteiger partial charge in [0.2, 0.25) is 0 Å². The molecule has 1 N–H and O–H groups in total. The monoisotopic (exact) mass is 606 g/mol. The van der Waals surface area contributed by atoms with Crippen LogP contribution < -0.4 is 5.32 Å². The molecule has 0 radical (unpaired) electrons. The first-order valence-corrected chi connectivity index (χ1v) is 15.2. The van der Waals surface area contributed by atoms with Crippen LogP contribution in [0.1, 0.15) is 66.4 Å². The number of hydrogen-bond acceptors (Lipinski definition) is 7. The van der Waals surface area contributed by atoms with Crippen molar-refractivity contribution in [3.8, 4) is 33.8 Å². The van der Waals surface area contributed by atoms with Gasteiger partial charge >= 0.3 is 12.2 Å². The molecule has 0 aliphatic heterocycles. The number of aromatic nitrogens is 5. The van der Waals surface area contributed by atoms with E-state index >= 15 is 0 Å². The molecule has 10 heteroatoms. The average Bonchev–Trinajstić information content (AvgIpc) is 3.60. The van der Waals surface area contributed by atoms with Crippen LogP contribution in [0, 0.1) is 0 Å². The fourth-order valence-electron chi connectivity index (χ4n) is 5.55. The number of carbonyl (C=O) groups is 2. The minimum Gasteiger partial charge on any atom is -0.444 e. The number of alkyl carbamates (subject to hydrolysis) is 1. The van der Waals surface area contributed by atoms with Gasteiger partial charge in [-0.3, -0.25) is 0 Å². The Kier molecular flexibility index (Phi) is 7.46. The Bertz CT molecular complexity index is 1860. The third kappa shape index (κ3) is 6.18. The molecule has 2 aromatic carbocycles. The van der Waals surface area contributed by atoms with Gasteiger partial charge in [0.1, 0.15) is 22.6 Å². The number of rotatable bonds is 5. The summed E-state index contributed by atoms with van der Waals surface area (Å²) in [7, 11) is 0. The van der Waals surface area contributed by atoms with E-state index in [1.807, 2.05) is 90.1 Å². The predicted molar refractivity (Wildman–Crippen MR) is 172 cm³/mol. The highest BCUT2D eigenvalue weighted by Gasteiger charge is 2.41. The van der Waals surface area contributed by atoms with Gasteiger partial charge in [-0.05, 0) is 84.1 Å². The average molecular weight is 607 g/mol. The normalized spacial score (nSPS) is 14.5. The standard InChI is InChI=1S/C35H38N6O4/c1-33(2,3)44-31(42)38-35(18-10-19-35)25-15-13-24(14-16-25)30-26(23-11-8-7-9-12-23)21-29-36-22-28(40(29)39-30)27-17-20-37-41(27)32(43)45-34(4,5)6/h7-9,11-17,20-22H,10,18-19H2,1-6H3,(H,38,42). The van der Waals surface area contributed by atoms with Gasteiger partial charge in [-0.25, -0.2) is 19.1 Å². The summed E-state index contributed by atoms with van der Waals surface area (Å²) < 4.78 is 14.1. The van der Waals surface area contributed by atoms with Crippen LogP contribution in [0.2, 0.25) is 0 Å². The third-order valence-corrected chi connectivity index (χ3v) is 7.71. The molecule has 0 saturated heterocycles. The molecule has 1 aliphatic carbocycles. The molecule has 0 unspecified atom stereocenters. The van der Waals surface area contributed by atoms with Crippen molar-refractivity contribution in [1.82, 2.24) is 29.7 Å². The Morgan fingerprint density at radius 3 is 2.16 bits per heavy atom. The second-order valence-corrected chi connectivity index (χ2v) is 13.4. The van der Waals surface area contributed by atoms with Gasteiger partial charge in [-0.2, -0.15) is 14.9 Å². The summed E-state index contributed by atoms with van der Waals surface area (Å²) in [4.78, 5) is 30.3. The van der Waals surface area contributed by atoms with Gasteiger partial charge in [-0.15, -0.1) is 0 Å². The number of benzene rings is 2. The smallest absolute Gasteiger partial charge is 0.435 e. The van der Waals surface area contributed by atoms with E-state index in [4.69, 9.17) is 14.6 Å². The van der Waals surface area contributed by atoms with Crippen LogP contribution >= 0.6 is 0 Å². The van der Waals surface area contributed by atoms with E-state index in [-0.39, 0.29) is 0 Å². The van der Waals surface area contributed by atoms with Crippen molar-refractivity contribution >= 4 is 17.8 Å². The largest absolute Gasteiger partial charge is 0.444 e. The molecule has 0 bridgehead atoms. The van der Waals surface area contributed by atoms with Crippen molar-refractivity contribution in [3.63, 3.8) is 0 Å². The molecule has 5 aromatic rings. The molecule has 1 saturated carbocycles. The van der Waals surface area contributed by atoms with E-state index < -0.39 is 28.9 Å². The topological polar surface area (TPSA) is 113 Å². The number of nitrogens with one attached hydrogen (secondary N) is 1. The van der Waals surface area contributed by atoms with Crippen molar-refractivity contribution in [2.45, 2.75) is 77.5 Å². The molecule has 3 heterocycles. The van der Waals surface area contributed by atoms with E-state index in [9.17, 15) is 9.59 Å². The van der Waals surface area contributed by atoms with E-state index in [0.717, 1.165) is 47.2 Å². The lowest BCUT2D eigenvalue weighted by atomic mass is 9.71. The second-order valence-electron chi connectivity index (χ2n) is 13.4. The van der Waals surface area contributed by atoms with Crippen molar-refractivity contribution in [2.24, 2.45) is 0 Å². The predicted octanol–water partition coefficient (Wildman–Crippen LogP) is 7.61. The summed E-state index contributed by atoms with van der Waals surface area (Å²) in [6, 6.07) is 22.0. The van der Waals surface area contributed by atoms with Crippen LogP contribution in [0.25, 0.3) is 39.4 Å². The van der Waals surface area contributed by atoms with Gasteiger partial charge in [-0.1, -0.05) is 54.6 Å². The second kappa shape index (κ2) is 11.2. The molecule has 1 fully saturated rings. The number of carbonyl (C=O) groups excluding carboxylic acids is 2. The number of ether oxygens (including phenoxy) is 2. The molecule has 45 heavy (non-hydrogen) atoms. The lowest BCUT2D eigenvalue weighted by Crippen LogP contribution is -2.52. The first kappa shape index (κ1) is 30.1. The molecular weight excluding hydrogens is 568 g/mol. The van der Waals surface area contributed by atoms with Crippen LogP contribution in [-0.4, -0.2) is 47.8 Å². The van der Waals surface area contributed by atoms with Gasteiger partial charge in [0.05, 0.1) is 23.6 Å². The minimum absolute atomic E-state index is 0.414. The maximum atomic E-state index is 13.0. The van der Waals surface area contributed by atoms with Crippen molar-refractivity contribution in [1.29, 1.82) is 0 Å². The summed E-state index contributed by atoms with van der Waals surface area (Å²) in [5.41, 5.74) is 4.59. The highest BCUT2D eigenvalue weighted by molar-refractivity contribution is 5.84. The Morgan fingerprint density at radius 2 is 1.53 bits per heavy atom. The van der Waals surface area contributed by atoms with E-state index in [1.165, 1.54) is 4.68 Å². The Balaban J connectivity index is 1.41. The fraction of sp³-hybridized carbons (Fsp3) is 0.343. The summed E-state index contributed by atoms with van der Waals surface area (Å²) in [5, 5.41) is 12.5. The number of imidazole rings is 1. The summed E-state index contributed by atoms with van der Waals surface area (Å²) in [6.45, 7) is 11.0. The lowest BCUT2D eigenvalue weighted by molar-refractivity contribution is 0.0376. The number of nitrogens with zero attached hydrogens (tertiary/aromatic N) is 5. The first-order valence-electron chi connectivity index (χ1n) is 15.2. The van der Waals surface area contributed by atoms with Crippen LogP contribution in [0.5, 0.6) is 0 Å². The molecule has 6 rings (SSSR count). The van der Waals surface area contributed by atoms with Gasteiger partial charge in [0.25, 0.3) is 0 Å². The molecule has 0 atom stereocenters. The van der Waals surface area contributed by atoms with Crippen LogP contribution in [0.3, 0.4) is 0 Å². The number of fused-ring (bicyclic) bond motifs is 1. The Labute approximate surface area is 262 Å². The summed E-state index contributed by atoms with van der Waals surface area (Å²) in [5.74, 6) is 0. The molecule has 3 aromatic heterocycles. The van der Waals surface area contributed by atoms with E-state index in [1.54, 1.807) is 23.0 Å². The third-order valence-electron chi connectivity index (χ3n) is 7.71. The zero-order chi connectivity index (χ0) is 32.0.